The summed E-state index contributed by atoms with van der Waals surface area (Å²) >= 11 is 3.36. The number of hydrogen-bond acceptors (Lipinski definition) is 4. The Morgan fingerprint density at radius 1 is 1.37 bits per heavy atom. The topological polar surface area (TPSA) is 68.9 Å². The van der Waals surface area contributed by atoms with Crippen molar-refractivity contribution >= 4 is 21.6 Å². The summed E-state index contributed by atoms with van der Waals surface area (Å²) in [7, 11) is 0. The normalized spacial score (nSPS) is 9.95. The summed E-state index contributed by atoms with van der Waals surface area (Å²) in [6.45, 7) is 2.22. The van der Waals surface area contributed by atoms with E-state index < -0.39 is 0 Å². The minimum atomic E-state index is 0.145. The van der Waals surface area contributed by atoms with Crippen molar-refractivity contribution < 1.29 is 5.11 Å². The van der Waals surface area contributed by atoms with Crippen LogP contribution in [0.2, 0.25) is 0 Å². The van der Waals surface area contributed by atoms with Crippen LogP contribution in [0, 0.1) is 18.3 Å². The molecule has 0 spiro atoms. The summed E-state index contributed by atoms with van der Waals surface area (Å²) < 4.78 is 0.885. The standard InChI is InChI=1S/C14H12BrN3O/c1-9-2-5-14(19)13(18-9)8-17-12-6-11(15)4-3-10(12)7-16/h2-6,17,19H,8H2,1H3. The molecule has 0 saturated carbocycles. The lowest BCUT2D eigenvalue weighted by Crippen LogP contribution is -2.04. The van der Waals surface area contributed by atoms with Crippen molar-refractivity contribution in [2.45, 2.75) is 13.5 Å². The third kappa shape index (κ3) is 3.24. The van der Waals surface area contributed by atoms with E-state index in [4.69, 9.17) is 5.26 Å². The molecule has 2 N–H and O–H groups in total. The lowest BCUT2D eigenvalue weighted by Gasteiger charge is -2.10. The Morgan fingerprint density at radius 3 is 2.89 bits per heavy atom. The van der Waals surface area contributed by atoms with Crippen LogP contribution >= 0.6 is 15.9 Å². The first-order chi connectivity index (χ1) is 9.10. The maximum absolute atomic E-state index is 9.72. The van der Waals surface area contributed by atoms with Crippen LogP contribution in [0.5, 0.6) is 5.75 Å². The highest BCUT2D eigenvalue weighted by Gasteiger charge is 2.06. The van der Waals surface area contributed by atoms with Gasteiger partial charge < -0.3 is 10.4 Å². The average molecular weight is 318 g/mol. The Morgan fingerprint density at radius 2 is 2.16 bits per heavy atom. The number of halogens is 1. The Kier molecular flexibility index (Phi) is 4.03. The molecule has 19 heavy (non-hydrogen) atoms. The fourth-order valence-electron chi connectivity index (χ4n) is 1.67. The van der Waals surface area contributed by atoms with E-state index in [0.717, 1.165) is 10.2 Å². The van der Waals surface area contributed by atoms with E-state index in [9.17, 15) is 5.11 Å². The fraction of sp³-hybridized carbons (Fsp3) is 0.143. The zero-order valence-electron chi connectivity index (χ0n) is 10.3. The lowest BCUT2D eigenvalue weighted by atomic mass is 10.2. The third-order valence-electron chi connectivity index (χ3n) is 2.64. The van der Waals surface area contributed by atoms with Gasteiger partial charge in [0.05, 0.1) is 17.8 Å². The first-order valence-electron chi connectivity index (χ1n) is 5.69. The molecule has 0 aliphatic rings. The second-order valence-electron chi connectivity index (χ2n) is 4.07. The van der Waals surface area contributed by atoms with E-state index in [0.29, 0.717) is 23.5 Å². The number of nitrogens with zero attached hydrogens (tertiary/aromatic N) is 2. The number of pyridine rings is 1. The molecule has 0 amide bonds. The molecule has 4 nitrogen and oxygen atoms in total. The average Bonchev–Trinajstić information content (AvgIpc) is 2.40. The molecule has 2 aromatic rings. The molecule has 0 unspecified atom stereocenters. The van der Waals surface area contributed by atoms with Crippen LogP contribution in [0.25, 0.3) is 0 Å². The van der Waals surface area contributed by atoms with Gasteiger partial charge in [0, 0.05) is 10.2 Å². The largest absolute Gasteiger partial charge is 0.506 e. The van der Waals surface area contributed by atoms with Gasteiger partial charge in [-0.15, -0.1) is 0 Å². The van der Waals surface area contributed by atoms with Crippen LogP contribution < -0.4 is 5.32 Å². The van der Waals surface area contributed by atoms with Crippen molar-refractivity contribution in [2.75, 3.05) is 5.32 Å². The highest BCUT2D eigenvalue weighted by atomic mass is 79.9. The highest BCUT2D eigenvalue weighted by molar-refractivity contribution is 9.10. The molecule has 0 aliphatic heterocycles. The summed E-state index contributed by atoms with van der Waals surface area (Å²) in [4.78, 5) is 4.26. The summed E-state index contributed by atoms with van der Waals surface area (Å²) in [6, 6.07) is 10.9. The van der Waals surface area contributed by atoms with Crippen LogP contribution in [0.1, 0.15) is 17.0 Å². The van der Waals surface area contributed by atoms with E-state index >= 15 is 0 Å². The van der Waals surface area contributed by atoms with Crippen molar-refractivity contribution in [1.29, 1.82) is 5.26 Å². The first kappa shape index (κ1) is 13.4. The SMILES string of the molecule is Cc1ccc(O)c(CNc2cc(Br)ccc2C#N)n1. The number of aromatic hydroxyl groups is 1. The number of hydrogen-bond donors (Lipinski definition) is 2. The Balaban J connectivity index is 2.21. The smallest absolute Gasteiger partial charge is 0.138 e. The Bertz CT molecular complexity index is 650. The molecule has 96 valence electrons. The predicted molar refractivity (Wildman–Crippen MR) is 76.8 cm³/mol. The summed E-state index contributed by atoms with van der Waals surface area (Å²) in [6.07, 6.45) is 0. The van der Waals surface area contributed by atoms with Gasteiger partial charge in [0.1, 0.15) is 17.5 Å². The van der Waals surface area contributed by atoms with E-state index in [1.807, 2.05) is 19.1 Å². The van der Waals surface area contributed by atoms with E-state index in [1.165, 1.54) is 0 Å². The molecule has 1 heterocycles. The van der Waals surface area contributed by atoms with E-state index in [-0.39, 0.29) is 5.75 Å². The summed E-state index contributed by atoms with van der Waals surface area (Å²) in [5.41, 5.74) is 2.66. The van der Waals surface area contributed by atoms with E-state index in [2.05, 4.69) is 32.3 Å². The third-order valence-corrected chi connectivity index (χ3v) is 3.13. The molecule has 0 saturated heterocycles. The second-order valence-corrected chi connectivity index (χ2v) is 4.99. The highest BCUT2D eigenvalue weighted by Crippen LogP contribution is 2.22. The molecular weight excluding hydrogens is 306 g/mol. The maximum Gasteiger partial charge on any atom is 0.138 e. The molecule has 0 aliphatic carbocycles. The summed E-state index contributed by atoms with van der Waals surface area (Å²) in [5, 5.41) is 21.9. The molecular formula is C14H12BrN3O. The molecule has 0 radical (unpaired) electrons. The van der Waals surface area contributed by atoms with Crippen LogP contribution in [-0.2, 0) is 6.54 Å². The van der Waals surface area contributed by atoms with Crippen molar-refractivity contribution in [3.05, 3.63) is 51.8 Å². The molecule has 1 aromatic carbocycles. The monoisotopic (exact) mass is 317 g/mol. The van der Waals surface area contributed by atoms with Crippen LogP contribution in [0.15, 0.2) is 34.8 Å². The maximum atomic E-state index is 9.72. The lowest BCUT2D eigenvalue weighted by molar-refractivity contribution is 0.464. The van der Waals surface area contributed by atoms with Gasteiger partial charge in [0.2, 0.25) is 0 Å². The predicted octanol–water partition coefficient (Wildman–Crippen LogP) is 3.34. The van der Waals surface area contributed by atoms with Crippen LogP contribution in [0.4, 0.5) is 5.69 Å². The van der Waals surface area contributed by atoms with Crippen molar-refractivity contribution in [3.63, 3.8) is 0 Å². The molecule has 5 heteroatoms. The molecule has 1 aromatic heterocycles. The van der Waals surface area contributed by atoms with Gasteiger partial charge in [-0.05, 0) is 37.3 Å². The molecule has 2 rings (SSSR count). The number of nitrogens with one attached hydrogen (secondary N) is 1. The minimum Gasteiger partial charge on any atom is -0.506 e. The Labute approximate surface area is 119 Å². The zero-order chi connectivity index (χ0) is 13.8. The van der Waals surface area contributed by atoms with Gasteiger partial charge in [0.15, 0.2) is 0 Å². The zero-order valence-corrected chi connectivity index (χ0v) is 11.9. The Hall–Kier alpha value is -2.06. The van der Waals surface area contributed by atoms with E-state index in [1.54, 1.807) is 18.2 Å². The number of nitriles is 1. The van der Waals surface area contributed by atoms with Gasteiger partial charge in [-0.2, -0.15) is 5.26 Å². The van der Waals surface area contributed by atoms with Crippen LogP contribution in [-0.4, -0.2) is 10.1 Å². The fourth-order valence-corrected chi connectivity index (χ4v) is 2.03. The minimum absolute atomic E-state index is 0.145. The number of rotatable bonds is 3. The number of aryl methyl sites for hydroxylation is 1. The van der Waals surface area contributed by atoms with Crippen LogP contribution in [0.3, 0.4) is 0 Å². The molecule has 0 fully saturated rings. The number of benzene rings is 1. The van der Waals surface area contributed by atoms with Crippen molar-refractivity contribution in [3.8, 4) is 11.8 Å². The van der Waals surface area contributed by atoms with Gasteiger partial charge >= 0.3 is 0 Å². The van der Waals surface area contributed by atoms with Crippen molar-refractivity contribution in [2.24, 2.45) is 0 Å². The number of aromatic nitrogens is 1. The van der Waals surface area contributed by atoms with Gasteiger partial charge in [-0.3, -0.25) is 4.98 Å². The number of anilines is 1. The van der Waals surface area contributed by atoms with Crippen molar-refractivity contribution in [1.82, 2.24) is 4.98 Å². The molecule has 0 bridgehead atoms. The van der Waals surface area contributed by atoms with Gasteiger partial charge in [-0.1, -0.05) is 15.9 Å². The molecule has 0 atom stereocenters. The quantitative estimate of drug-likeness (QED) is 0.911. The van der Waals surface area contributed by atoms with Gasteiger partial charge in [-0.25, -0.2) is 0 Å². The van der Waals surface area contributed by atoms with Gasteiger partial charge in [0.25, 0.3) is 0 Å². The first-order valence-corrected chi connectivity index (χ1v) is 6.48. The summed E-state index contributed by atoms with van der Waals surface area (Å²) in [5.74, 6) is 0.145. The second kappa shape index (κ2) is 5.72.